The maximum Gasteiger partial charge on any atom is 0.307 e. The summed E-state index contributed by atoms with van der Waals surface area (Å²) in [4.78, 5) is 35.1. The molecule has 0 spiro atoms. The molecule has 1 aromatic carbocycles. The van der Waals surface area contributed by atoms with Gasteiger partial charge < -0.3 is 15.0 Å². The summed E-state index contributed by atoms with van der Waals surface area (Å²) in [5.74, 6) is -0.504. The van der Waals surface area contributed by atoms with Crippen LogP contribution in [0.1, 0.15) is 42.4 Å². The Kier molecular flexibility index (Phi) is 8.19. The van der Waals surface area contributed by atoms with Crippen LogP contribution in [0.3, 0.4) is 0 Å². The number of methoxy groups -OCH3 is 1. The van der Waals surface area contributed by atoms with Crippen molar-refractivity contribution in [1.29, 1.82) is 0 Å². The van der Waals surface area contributed by atoms with Crippen molar-refractivity contribution in [2.24, 2.45) is 0 Å². The second-order valence-electron chi connectivity index (χ2n) is 5.90. The van der Waals surface area contributed by atoms with Gasteiger partial charge in [-0.05, 0) is 31.5 Å². The SMILES string of the molecule is CCN(CC)c1ncc(Cl)c(C(=O)NC(CC(=O)OC)c2ccc(Br)cc2)n1. The summed E-state index contributed by atoms with van der Waals surface area (Å²) in [7, 11) is 1.31. The van der Waals surface area contributed by atoms with Gasteiger partial charge in [-0.2, -0.15) is 0 Å². The normalized spacial score (nSPS) is 11.6. The predicted molar refractivity (Wildman–Crippen MR) is 112 cm³/mol. The number of amides is 1. The van der Waals surface area contributed by atoms with Crippen molar-refractivity contribution in [2.75, 3.05) is 25.1 Å². The van der Waals surface area contributed by atoms with Crippen LogP contribution in [0, 0.1) is 0 Å². The number of carbonyl (C=O) groups excluding carboxylic acids is 2. The Balaban J connectivity index is 2.31. The fourth-order valence-corrected chi connectivity index (χ4v) is 3.04. The minimum atomic E-state index is -0.587. The maximum absolute atomic E-state index is 12.9. The molecule has 1 aromatic heterocycles. The first-order chi connectivity index (χ1) is 13.4. The molecule has 0 aliphatic rings. The van der Waals surface area contributed by atoms with E-state index in [-0.39, 0.29) is 17.1 Å². The topological polar surface area (TPSA) is 84.4 Å². The van der Waals surface area contributed by atoms with E-state index in [0.717, 1.165) is 10.0 Å². The third-order valence-corrected chi connectivity index (χ3v) is 4.97. The van der Waals surface area contributed by atoms with E-state index in [1.165, 1.54) is 13.3 Å². The van der Waals surface area contributed by atoms with E-state index in [0.29, 0.717) is 19.0 Å². The van der Waals surface area contributed by atoms with Gasteiger partial charge in [-0.25, -0.2) is 9.97 Å². The molecule has 1 unspecified atom stereocenters. The zero-order valence-electron chi connectivity index (χ0n) is 15.9. The first-order valence-corrected chi connectivity index (χ1v) is 9.97. The standard InChI is InChI=1S/C19H22BrClN4O3/c1-4-25(5-2)19-22-11-14(21)17(24-19)18(27)23-15(10-16(26)28-3)12-6-8-13(20)9-7-12/h6-9,11,15H,4-5,10H2,1-3H3,(H,23,27). The Bertz CT molecular complexity index is 828. The molecular weight excluding hydrogens is 448 g/mol. The van der Waals surface area contributed by atoms with Gasteiger partial charge in [0.1, 0.15) is 0 Å². The number of anilines is 1. The quantitative estimate of drug-likeness (QED) is 0.592. The summed E-state index contributed by atoms with van der Waals surface area (Å²) in [5, 5.41) is 2.97. The van der Waals surface area contributed by atoms with Crippen molar-refractivity contribution in [1.82, 2.24) is 15.3 Å². The number of aromatic nitrogens is 2. The summed E-state index contributed by atoms with van der Waals surface area (Å²) in [6.07, 6.45) is 1.39. The number of rotatable bonds is 8. The first kappa shape index (κ1) is 22.1. The molecule has 1 N–H and O–H groups in total. The third-order valence-electron chi connectivity index (χ3n) is 4.17. The number of nitrogens with zero attached hydrogens (tertiary/aromatic N) is 3. The van der Waals surface area contributed by atoms with Crippen LogP contribution in [0.25, 0.3) is 0 Å². The van der Waals surface area contributed by atoms with E-state index in [1.54, 1.807) is 0 Å². The van der Waals surface area contributed by atoms with Gasteiger partial charge in [-0.15, -0.1) is 0 Å². The minimum absolute atomic E-state index is 0.0184. The lowest BCUT2D eigenvalue weighted by atomic mass is 10.0. The summed E-state index contributed by atoms with van der Waals surface area (Å²) in [5.41, 5.74) is 0.821. The highest BCUT2D eigenvalue weighted by atomic mass is 79.9. The molecule has 2 aromatic rings. The van der Waals surface area contributed by atoms with Crippen LogP contribution in [-0.2, 0) is 9.53 Å². The molecule has 1 atom stereocenters. The smallest absolute Gasteiger partial charge is 0.307 e. The highest BCUT2D eigenvalue weighted by molar-refractivity contribution is 9.10. The molecule has 0 aliphatic carbocycles. The molecule has 2 rings (SSSR count). The molecule has 7 nitrogen and oxygen atoms in total. The number of benzene rings is 1. The zero-order chi connectivity index (χ0) is 20.7. The van der Waals surface area contributed by atoms with Gasteiger partial charge in [0.05, 0.1) is 30.8 Å². The Labute approximate surface area is 177 Å². The lowest BCUT2D eigenvalue weighted by molar-refractivity contribution is -0.141. The molecule has 0 radical (unpaired) electrons. The van der Waals surface area contributed by atoms with E-state index in [2.05, 4.69) is 31.2 Å². The van der Waals surface area contributed by atoms with Crippen molar-refractivity contribution < 1.29 is 14.3 Å². The van der Waals surface area contributed by atoms with Crippen LogP contribution in [0.5, 0.6) is 0 Å². The molecule has 28 heavy (non-hydrogen) atoms. The third kappa shape index (κ3) is 5.65. The molecule has 0 fully saturated rings. The number of nitrogens with one attached hydrogen (secondary N) is 1. The second-order valence-corrected chi connectivity index (χ2v) is 7.22. The van der Waals surface area contributed by atoms with Gasteiger partial charge in [-0.1, -0.05) is 39.7 Å². The van der Waals surface area contributed by atoms with E-state index in [9.17, 15) is 9.59 Å². The highest BCUT2D eigenvalue weighted by Gasteiger charge is 2.23. The molecule has 0 bridgehead atoms. The lowest BCUT2D eigenvalue weighted by Crippen LogP contribution is -2.32. The molecule has 9 heteroatoms. The Morgan fingerprint density at radius 3 is 2.46 bits per heavy atom. The molecule has 0 saturated heterocycles. The highest BCUT2D eigenvalue weighted by Crippen LogP contribution is 2.22. The van der Waals surface area contributed by atoms with Crippen molar-refractivity contribution in [2.45, 2.75) is 26.3 Å². The number of hydrogen-bond donors (Lipinski definition) is 1. The van der Waals surface area contributed by atoms with Gasteiger partial charge >= 0.3 is 5.97 Å². The van der Waals surface area contributed by atoms with Crippen molar-refractivity contribution >= 4 is 45.4 Å². The molecule has 0 aliphatic heterocycles. The fourth-order valence-electron chi connectivity index (χ4n) is 2.60. The summed E-state index contributed by atoms with van der Waals surface area (Å²) in [6, 6.07) is 6.72. The van der Waals surface area contributed by atoms with Crippen molar-refractivity contribution in [3.05, 3.63) is 51.2 Å². The summed E-state index contributed by atoms with van der Waals surface area (Å²) < 4.78 is 5.65. The summed E-state index contributed by atoms with van der Waals surface area (Å²) >= 11 is 9.54. The van der Waals surface area contributed by atoms with Crippen molar-refractivity contribution in [3.8, 4) is 0 Å². The van der Waals surface area contributed by atoms with Crippen molar-refractivity contribution in [3.63, 3.8) is 0 Å². The zero-order valence-corrected chi connectivity index (χ0v) is 18.2. The number of esters is 1. The molecule has 150 valence electrons. The fraction of sp³-hybridized carbons (Fsp3) is 0.368. The second kappa shape index (κ2) is 10.4. The molecule has 1 amide bonds. The minimum Gasteiger partial charge on any atom is -0.469 e. The van der Waals surface area contributed by atoms with Gasteiger partial charge in [0, 0.05) is 17.6 Å². The summed E-state index contributed by atoms with van der Waals surface area (Å²) in [6.45, 7) is 5.34. The van der Waals surface area contributed by atoms with Crippen LogP contribution in [0.15, 0.2) is 34.9 Å². The molecule has 1 heterocycles. The van der Waals surface area contributed by atoms with Crippen LogP contribution >= 0.6 is 27.5 Å². The Hall–Kier alpha value is -2.19. The van der Waals surface area contributed by atoms with Gasteiger partial charge in [0.15, 0.2) is 5.69 Å². The lowest BCUT2D eigenvalue weighted by Gasteiger charge is -2.21. The van der Waals surface area contributed by atoms with Crippen LogP contribution in [0.4, 0.5) is 5.95 Å². The van der Waals surface area contributed by atoms with E-state index >= 15 is 0 Å². The van der Waals surface area contributed by atoms with Crippen LogP contribution in [0.2, 0.25) is 5.02 Å². The first-order valence-electron chi connectivity index (χ1n) is 8.80. The Morgan fingerprint density at radius 2 is 1.89 bits per heavy atom. The van der Waals surface area contributed by atoms with E-state index < -0.39 is 17.9 Å². The monoisotopic (exact) mass is 468 g/mol. The Morgan fingerprint density at radius 1 is 1.25 bits per heavy atom. The number of hydrogen-bond acceptors (Lipinski definition) is 6. The average molecular weight is 470 g/mol. The van der Waals surface area contributed by atoms with Gasteiger partial charge in [-0.3, -0.25) is 9.59 Å². The van der Waals surface area contributed by atoms with Gasteiger partial charge in [0.25, 0.3) is 5.91 Å². The largest absolute Gasteiger partial charge is 0.469 e. The predicted octanol–water partition coefficient (Wildman–Crippen LogP) is 3.77. The van der Waals surface area contributed by atoms with Crippen LogP contribution in [-0.4, -0.2) is 42.0 Å². The van der Waals surface area contributed by atoms with E-state index in [1.807, 2.05) is 43.0 Å². The number of carbonyl (C=O) groups is 2. The molecule has 0 saturated carbocycles. The van der Waals surface area contributed by atoms with Gasteiger partial charge in [0.2, 0.25) is 5.95 Å². The number of halogens is 2. The number of ether oxygens (including phenoxy) is 1. The average Bonchev–Trinajstić information content (AvgIpc) is 2.69. The maximum atomic E-state index is 12.9. The van der Waals surface area contributed by atoms with E-state index in [4.69, 9.17) is 16.3 Å². The van der Waals surface area contributed by atoms with Crippen LogP contribution < -0.4 is 10.2 Å². The molecular formula is C19H22BrClN4O3.